The molecule has 0 radical (unpaired) electrons. The number of aromatic carboxylic acids is 1. The van der Waals surface area contributed by atoms with Gasteiger partial charge in [0.25, 0.3) is 10.2 Å². The van der Waals surface area contributed by atoms with Crippen LogP contribution < -0.4 is 19.7 Å². The summed E-state index contributed by atoms with van der Waals surface area (Å²) in [5.74, 6) is -0.395. The minimum absolute atomic E-state index is 0.0456. The molecule has 0 saturated heterocycles. The molecule has 40 heavy (non-hydrogen) atoms. The minimum atomic E-state index is -4.56. The molecule has 0 bridgehead atoms. The van der Waals surface area contributed by atoms with Crippen molar-refractivity contribution in [2.24, 2.45) is 5.14 Å². The van der Waals surface area contributed by atoms with Crippen LogP contribution in [0.5, 0.6) is 11.5 Å². The van der Waals surface area contributed by atoms with E-state index >= 15 is 0 Å². The first-order chi connectivity index (χ1) is 19.0. The molecule has 0 saturated carbocycles. The molecule has 2 aliphatic rings. The Morgan fingerprint density at radius 2 is 1.38 bits per heavy atom. The Morgan fingerprint density at radius 1 is 0.875 bits per heavy atom. The van der Waals surface area contributed by atoms with Gasteiger partial charge in [-0.1, -0.05) is 18.2 Å². The highest BCUT2D eigenvalue weighted by Gasteiger charge is 2.60. The topological polar surface area (TPSA) is 137 Å². The van der Waals surface area contributed by atoms with Crippen molar-refractivity contribution < 1.29 is 28.2 Å². The Balaban J connectivity index is 1.92. The van der Waals surface area contributed by atoms with Crippen LogP contribution in [0.3, 0.4) is 0 Å². The lowest BCUT2D eigenvalue weighted by Gasteiger charge is -2.44. The lowest BCUT2D eigenvalue weighted by atomic mass is 9.75. The summed E-state index contributed by atoms with van der Waals surface area (Å²) in [6, 6.07) is 15.2. The summed E-state index contributed by atoms with van der Waals surface area (Å²) in [5.41, 5.74) is 1.45. The Morgan fingerprint density at radius 3 is 1.80 bits per heavy atom. The number of benzene rings is 3. The predicted octanol–water partition coefficient (Wildman–Crippen LogP) is 3.98. The third-order valence-corrected chi connectivity index (χ3v) is 9.00. The number of fused-ring (bicyclic) bond motifs is 6. The number of carboxylic acids is 1. The molecule has 2 heterocycles. The number of ether oxygens (including phenoxy) is 1. The van der Waals surface area contributed by atoms with Crippen LogP contribution in [0.4, 0.5) is 11.4 Å². The first-order valence-electron chi connectivity index (χ1n) is 13.4. The molecule has 1 spiro atoms. The number of aliphatic hydroxyl groups is 1. The highest BCUT2D eigenvalue weighted by atomic mass is 32.2. The predicted molar refractivity (Wildman–Crippen MR) is 153 cm³/mol. The number of carbonyl (C=O) groups is 1. The van der Waals surface area contributed by atoms with Gasteiger partial charge >= 0.3 is 5.97 Å². The number of anilines is 2. The summed E-state index contributed by atoms with van der Waals surface area (Å²) in [5, 5.41) is 27.1. The molecule has 3 aromatic carbocycles. The summed E-state index contributed by atoms with van der Waals surface area (Å²) in [6.45, 7) is 11.1. The van der Waals surface area contributed by atoms with Crippen LogP contribution in [0.2, 0.25) is 0 Å². The number of nitrogens with two attached hydrogens (primary N) is 1. The van der Waals surface area contributed by atoms with E-state index in [-0.39, 0.29) is 11.1 Å². The molecular formula is C29H34N4O6S. The van der Waals surface area contributed by atoms with Gasteiger partial charge in [-0.25, -0.2) is 9.93 Å². The second kappa shape index (κ2) is 10.1. The average molecular weight is 567 g/mol. The van der Waals surface area contributed by atoms with Crippen molar-refractivity contribution in [1.82, 2.24) is 4.31 Å². The van der Waals surface area contributed by atoms with Crippen molar-refractivity contribution in [3.8, 4) is 11.5 Å². The normalized spacial score (nSPS) is 17.1. The van der Waals surface area contributed by atoms with Crippen molar-refractivity contribution in [2.45, 2.75) is 39.5 Å². The highest BCUT2D eigenvalue weighted by Crippen LogP contribution is 2.61. The zero-order chi connectivity index (χ0) is 29.0. The first-order valence-corrected chi connectivity index (χ1v) is 14.9. The van der Waals surface area contributed by atoms with E-state index in [0.29, 0.717) is 28.2 Å². The van der Waals surface area contributed by atoms with Crippen LogP contribution in [-0.4, -0.2) is 55.1 Å². The Labute approximate surface area is 234 Å². The van der Waals surface area contributed by atoms with E-state index in [1.165, 1.54) is 18.2 Å². The Hall–Kier alpha value is -3.64. The molecule has 11 heteroatoms. The lowest BCUT2D eigenvalue weighted by molar-refractivity contribution is 0.0414. The van der Waals surface area contributed by atoms with Gasteiger partial charge in [0.1, 0.15) is 23.3 Å². The second-order valence-corrected chi connectivity index (χ2v) is 11.3. The fourth-order valence-electron chi connectivity index (χ4n) is 6.14. The Bertz CT molecular complexity index is 1520. The molecule has 1 unspecified atom stereocenters. The number of hydrogen-bond donors (Lipinski definition) is 3. The molecule has 0 fully saturated rings. The summed E-state index contributed by atoms with van der Waals surface area (Å²) < 4.78 is 34.0. The molecule has 0 aromatic heterocycles. The fourth-order valence-corrected chi connectivity index (χ4v) is 7.21. The fraction of sp³-hybridized carbons (Fsp3) is 0.345. The van der Waals surface area contributed by atoms with Gasteiger partial charge in [-0.05, 0) is 57.5 Å². The van der Waals surface area contributed by atoms with E-state index < -0.39 is 27.9 Å². The average Bonchev–Trinajstić information content (AvgIpc) is 3.18. The van der Waals surface area contributed by atoms with E-state index in [2.05, 4.69) is 9.80 Å². The van der Waals surface area contributed by atoms with Crippen LogP contribution in [0, 0.1) is 0 Å². The molecule has 0 aliphatic carbocycles. The lowest BCUT2D eigenvalue weighted by Crippen LogP contribution is -2.51. The summed E-state index contributed by atoms with van der Waals surface area (Å²) in [7, 11) is -4.56. The molecule has 2 aliphatic heterocycles. The first kappa shape index (κ1) is 27.9. The van der Waals surface area contributed by atoms with Crippen molar-refractivity contribution in [3.63, 3.8) is 0 Å². The molecular weight excluding hydrogens is 532 g/mol. The molecule has 5 rings (SSSR count). The van der Waals surface area contributed by atoms with Crippen LogP contribution >= 0.6 is 0 Å². The highest BCUT2D eigenvalue weighted by molar-refractivity contribution is 7.86. The molecule has 212 valence electrons. The van der Waals surface area contributed by atoms with E-state index in [0.717, 1.165) is 41.9 Å². The van der Waals surface area contributed by atoms with Gasteiger partial charge in [0.2, 0.25) is 0 Å². The number of rotatable bonds is 8. The maximum absolute atomic E-state index is 13.3. The van der Waals surface area contributed by atoms with Crippen LogP contribution in [0.1, 0.15) is 66.5 Å². The zero-order valence-corrected chi connectivity index (χ0v) is 23.8. The summed E-state index contributed by atoms with van der Waals surface area (Å²) >= 11 is 0. The van der Waals surface area contributed by atoms with Gasteiger partial charge in [-0.2, -0.15) is 8.42 Å². The number of nitrogens with zero attached hydrogens (tertiary/aromatic N) is 3. The SMILES string of the molecule is CCN(CC)c1ccc2c(c1)Oc1cc(N(CC)CC)ccc1C21c2cc(C(=O)O)ccc2C(O)N1S(N)(=O)=O. The molecule has 3 aromatic rings. The van der Waals surface area contributed by atoms with Crippen molar-refractivity contribution in [3.05, 3.63) is 82.4 Å². The van der Waals surface area contributed by atoms with E-state index in [1.54, 1.807) is 12.1 Å². The maximum Gasteiger partial charge on any atom is 0.335 e. The smallest absolute Gasteiger partial charge is 0.335 e. The van der Waals surface area contributed by atoms with Crippen molar-refractivity contribution in [2.75, 3.05) is 36.0 Å². The van der Waals surface area contributed by atoms with Crippen LogP contribution in [0.25, 0.3) is 0 Å². The molecule has 10 nitrogen and oxygen atoms in total. The summed E-state index contributed by atoms with van der Waals surface area (Å²) in [6.07, 6.45) is -1.66. The van der Waals surface area contributed by atoms with Gasteiger partial charge in [0.05, 0.1) is 5.56 Å². The van der Waals surface area contributed by atoms with E-state index in [4.69, 9.17) is 9.88 Å². The van der Waals surface area contributed by atoms with Crippen LogP contribution in [0.15, 0.2) is 54.6 Å². The largest absolute Gasteiger partial charge is 0.478 e. The maximum atomic E-state index is 13.3. The quantitative estimate of drug-likeness (QED) is 0.372. The van der Waals surface area contributed by atoms with Crippen LogP contribution in [-0.2, 0) is 15.7 Å². The minimum Gasteiger partial charge on any atom is -0.478 e. The van der Waals surface area contributed by atoms with Gasteiger partial charge in [-0.15, -0.1) is 4.31 Å². The molecule has 0 amide bonds. The van der Waals surface area contributed by atoms with Gasteiger partial charge in [0.15, 0.2) is 0 Å². The molecule has 4 N–H and O–H groups in total. The van der Waals surface area contributed by atoms with Crippen molar-refractivity contribution in [1.29, 1.82) is 0 Å². The third-order valence-electron chi connectivity index (χ3n) is 7.98. The second-order valence-electron chi connectivity index (χ2n) is 9.84. The number of carboxylic acid groups (broad SMARTS) is 1. The monoisotopic (exact) mass is 566 g/mol. The van der Waals surface area contributed by atoms with E-state index in [9.17, 15) is 23.4 Å². The van der Waals surface area contributed by atoms with Gasteiger partial charge < -0.3 is 24.7 Å². The standard InChI is InChI=1S/C29H34N4O6S/c1-5-31(6-2)19-10-13-22-25(16-19)39-26-17-20(32(7-3)8-4)11-14-23(26)29(22)24-15-18(28(35)36)9-12-21(24)27(34)33(29)40(30,37)38/h9-17,27,34H,5-8H2,1-4H3,(H,35,36)(H2,30,37,38). The van der Waals surface area contributed by atoms with E-state index in [1.807, 2.05) is 52.0 Å². The molecule has 1 atom stereocenters. The number of hydrogen-bond acceptors (Lipinski definition) is 7. The van der Waals surface area contributed by atoms with Gasteiger partial charge in [-0.3, -0.25) is 0 Å². The third kappa shape index (κ3) is 4.03. The van der Waals surface area contributed by atoms with Crippen molar-refractivity contribution >= 4 is 27.6 Å². The Kier molecular flexibility index (Phi) is 7.03. The summed E-state index contributed by atoms with van der Waals surface area (Å²) in [4.78, 5) is 16.3. The number of aliphatic hydroxyl groups excluding tert-OH is 1. The zero-order valence-electron chi connectivity index (χ0n) is 23.0. The van der Waals surface area contributed by atoms with Gasteiger partial charge in [0, 0.05) is 66.4 Å².